The molecule has 0 aliphatic heterocycles. The summed E-state index contributed by atoms with van der Waals surface area (Å²) >= 11 is 1.07. The second-order valence-corrected chi connectivity index (χ2v) is 4.31. The zero-order valence-electron chi connectivity index (χ0n) is 7.55. The van der Waals surface area contributed by atoms with Crippen LogP contribution in [0.15, 0.2) is 18.2 Å². The molecule has 0 aliphatic carbocycles. The molecule has 0 aliphatic rings. The van der Waals surface area contributed by atoms with E-state index in [1.807, 2.05) is 13.0 Å². The van der Waals surface area contributed by atoms with Crippen molar-refractivity contribution in [2.75, 3.05) is 5.73 Å². The predicted molar refractivity (Wildman–Crippen MR) is 55.9 cm³/mol. The van der Waals surface area contributed by atoms with Crippen molar-refractivity contribution in [3.05, 3.63) is 28.6 Å². The molecule has 0 fully saturated rings. The van der Waals surface area contributed by atoms with E-state index in [0.29, 0.717) is 5.69 Å². The maximum Gasteiger partial charge on any atom is 0.272 e. The van der Waals surface area contributed by atoms with Gasteiger partial charge in [-0.2, -0.15) is 0 Å². The number of alkyl halides is 2. The summed E-state index contributed by atoms with van der Waals surface area (Å²) in [6.45, 7) is 1.90. The molecule has 1 aromatic carbocycles. The van der Waals surface area contributed by atoms with Crippen molar-refractivity contribution < 1.29 is 8.78 Å². The van der Waals surface area contributed by atoms with Crippen molar-refractivity contribution in [3.8, 4) is 0 Å². The van der Waals surface area contributed by atoms with Crippen molar-refractivity contribution in [2.45, 2.75) is 13.3 Å². The monoisotopic (exact) mass is 213 g/mol. The van der Waals surface area contributed by atoms with E-state index < -0.39 is 6.43 Å². The molecule has 2 aromatic rings. The molecule has 1 heterocycles. The second-order valence-electron chi connectivity index (χ2n) is 3.22. The SMILES string of the molecule is Cc1cc(N)c2sc(C(F)F)cc2c1. The lowest BCUT2D eigenvalue weighted by Crippen LogP contribution is -1.84. The molecule has 0 saturated carbocycles. The standard InChI is InChI=1S/C10H9F2NS/c1-5-2-6-4-8(10(11)12)14-9(6)7(13)3-5/h2-4,10H,13H2,1H3. The van der Waals surface area contributed by atoms with Crippen molar-refractivity contribution in [2.24, 2.45) is 0 Å². The number of halogens is 2. The minimum atomic E-state index is -2.41. The highest BCUT2D eigenvalue weighted by molar-refractivity contribution is 7.19. The number of rotatable bonds is 1. The number of nitrogens with two attached hydrogens (primary N) is 1. The molecule has 0 atom stereocenters. The van der Waals surface area contributed by atoms with Gasteiger partial charge in [-0.25, -0.2) is 8.78 Å². The Morgan fingerprint density at radius 1 is 1.29 bits per heavy atom. The molecule has 0 saturated heterocycles. The van der Waals surface area contributed by atoms with Gasteiger partial charge in [-0.3, -0.25) is 0 Å². The van der Waals surface area contributed by atoms with Crippen molar-refractivity contribution in [3.63, 3.8) is 0 Å². The number of aryl methyl sites for hydroxylation is 1. The van der Waals surface area contributed by atoms with Gasteiger partial charge in [0, 0.05) is 5.69 Å². The Morgan fingerprint density at radius 2 is 2.00 bits per heavy atom. The summed E-state index contributed by atoms with van der Waals surface area (Å²) in [6.07, 6.45) is -2.41. The highest BCUT2D eigenvalue weighted by Crippen LogP contribution is 2.36. The van der Waals surface area contributed by atoms with Gasteiger partial charge in [0.15, 0.2) is 0 Å². The summed E-state index contributed by atoms with van der Waals surface area (Å²) in [4.78, 5) is 0.0808. The Balaban J connectivity index is 2.70. The van der Waals surface area contributed by atoms with E-state index in [2.05, 4.69) is 0 Å². The van der Waals surface area contributed by atoms with Gasteiger partial charge < -0.3 is 5.73 Å². The minimum Gasteiger partial charge on any atom is -0.398 e. The average Bonchev–Trinajstić information content (AvgIpc) is 2.47. The summed E-state index contributed by atoms with van der Waals surface area (Å²) < 4.78 is 25.6. The number of nitrogen functional groups attached to an aromatic ring is 1. The summed E-state index contributed by atoms with van der Waals surface area (Å²) in [5.41, 5.74) is 7.31. The zero-order valence-corrected chi connectivity index (χ0v) is 8.37. The summed E-state index contributed by atoms with van der Waals surface area (Å²) in [5.74, 6) is 0. The molecule has 2 rings (SSSR count). The molecule has 0 bridgehead atoms. The van der Waals surface area contributed by atoms with Gasteiger partial charge >= 0.3 is 0 Å². The highest BCUT2D eigenvalue weighted by atomic mass is 32.1. The molecule has 74 valence electrons. The van der Waals surface area contributed by atoms with Gasteiger partial charge in [0.1, 0.15) is 0 Å². The molecule has 14 heavy (non-hydrogen) atoms. The van der Waals surface area contributed by atoms with Crippen LogP contribution in [0.3, 0.4) is 0 Å². The first-order valence-corrected chi connectivity index (χ1v) is 4.97. The molecular formula is C10H9F2NS. The van der Waals surface area contributed by atoms with Crippen LogP contribution in [-0.2, 0) is 0 Å². The van der Waals surface area contributed by atoms with Crippen molar-refractivity contribution in [1.82, 2.24) is 0 Å². The first-order valence-electron chi connectivity index (χ1n) is 4.15. The van der Waals surface area contributed by atoms with Gasteiger partial charge in [-0.1, -0.05) is 6.07 Å². The first kappa shape index (κ1) is 9.40. The van der Waals surface area contributed by atoms with Gasteiger partial charge in [-0.05, 0) is 30.0 Å². The lowest BCUT2D eigenvalue weighted by molar-refractivity contribution is 0.156. The molecular weight excluding hydrogens is 204 g/mol. The van der Waals surface area contributed by atoms with Gasteiger partial charge in [0.25, 0.3) is 6.43 Å². The molecule has 0 unspecified atom stereocenters. The zero-order chi connectivity index (χ0) is 10.3. The van der Waals surface area contributed by atoms with Crippen LogP contribution in [0.5, 0.6) is 0 Å². The van der Waals surface area contributed by atoms with E-state index in [-0.39, 0.29) is 4.88 Å². The maximum absolute atomic E-state index is 12.4. The lowest BCUT2D eigenvalue weighted by atomic mass is 10.1. The first-order chi connectivity index (χ1) is 6.58. The number of hydrogen-bond acceptors (Lipinski definition) is 2. The minimum absolute atomic E-state index is 0.0808. The van der Waals surface area contributed by atoms with Crippen molar-refractivity contribution >= 4 is 27.1 Å². The topological polar surface area (TPSA) is 26.0 Å². The third-order valence-corrected chi connectivity index (χ3v) is 3.23. The van der Waals surface area contributed by atoms with Crippen LogP contribution in [0.1, 0.15) is 16.9 Å². The largest absolute Gasteiger partial charge is 0.398 e. The van der Waals surface area contributed by atoms with E-state index in [9.17, 15) is 8.78 Å². The Labute approximate surface area is 84.2 Å². The van der Waals surface area contributed by atoms with Crippen LogP contribution in [0.4, 0.5) is 14.5 Å². The summed E-state index contributed by atoms with van der Waals surface area (Å²) in [5, 5.41) is 0.808. The fourth-order valence-electron chi connectivity index (χ4n) is 1.46. The average molecular weight is 213 g/mol. The Hall–Kier alpha value is -1.16. The van der Waals surface area contributed by atoms with Gasteiger partial charge in [0.2, 0.25) is 0 Å². The van der Waals surface area contributed by atoms with E-state index in [1.165, 1.54) is 6.07 Å². The number of hydrogen-bond donors (Lipinski definition) is 1. The van der Waals surface area contributed by atoms with E-state index in [4.69, 9.17) is 5.73 Å². The quantitative estimate of drug-likeness (QED) is 0.717. The van der Waals surface area contributed by atoms with Crippen molar-refractivity contribution in [1.29, 1.82) is 0 Å². The maximum atomic E-state index is 12.4. The highest BCUT2D eigenvalue weighted by Gasteiger charge is 2.12. The molecule has 1 aromatic heterocycles. The van der Waals surface area contributed by atoms with Crippen LogP contribution in [0.2, 0.25) is 0 Å². The summed E-state index contributed by atoms with van der Waals surface area (Å²) in [6, 6.07) is 5.18. The molecule has 0 spiro atoms. The number of benzene rings is 1. The molecule has 4 heteroatoms. The van der Waals surface area contributed by atoms with Crippen LogP contribution in [-0.4, -0.2) is 0 Å². The molecule has 0 amide bonds. The Morgan fingerprint density at radius 3 is 2.64 bits per heavy atom. The Bertz CT molecular complexity index is 476. The fraction of sp³-hybridized carbons (Fsp3) is 0.200. The van der Waals surface area contributed by atoms with Gasteiger partial charge in [0.05, 0.1) is 9.58 Å². The predicted octanol–water partition coefficient (Wildman–Crippen LogP) is 3.73. The van der Waals surface area contributed by atoms with Crippen LogP contribution in [0.25, 0.3) is 10.1 Å². The van der Waals surface area contributed by atoms with E-state index in [1.54, 1.807) is 6.07 Å². The van der Waals surface area contributed by atoms with Crippen LogP contribution < -0.4 is 5.73 Å². The number of fused-ring (bicyclic) bond motifs is 1. The lowest BCUT2D eigenvalue weighted by Gasteiger charge is -1.97. The Kier molecular flexibility index (Phi) is 2.15. The van der Waals surface area contributed by atoms with Crippen LogP contribution >= 0.6 is 11.3 Å². The van der Waals surface area contributed by atoms with Crippen LogP contribution in [0, 0.1) is 6.92 Å². The smallest absolute Gasteiger partial charge is 0.272 e. The van der Waals surface area contributed by atoms with E-state index >= 15 is 0 Å². The third kappa shape index (κ3) is 1.46. The molecule has 0 radical (unpaired) electrons. The fourth-order valence-corrected chi connectivity index (χ4v) is 2.39. The normalized spacial score (nSPS) is 11.4. The molecule has 1 nitrogen and oxygen atoms in total. The van der Waals surface area contributed by atoms with E-state index in [0.717, 1.165) is 27.0 Å². The number of anilines is 1. The number of thiophene rings is 1. The molecule has 2 N–H and O–H groups in total. The second kappa shape index (κ2) is 3.20. The third-order valence-electron chi connectivity index (χ3n) is 2.02. The summed E-state index contributed by atoms with van der Waals surface area (Å²) in [7, 11) is 0. The van der Waals surface area contributed by atoms with Gasteiger partial charge in [-0.15, -0.1) is 11.3 Å².